The monoisotopic (exact) mass is 880 g/mol. The van der Waals surface area contributed by atoms with E-state index in [1.54, 1.807) is 42.6 Å². The first-order chi connectivity index (χ1) is 26.3. The van der Waals surface area contributed by atoms with Crippen LogP contribution in [0.15, 0.2) is 95.0 Å². The fraction of sp³-hybridized carbons (Fsp3) is 0.176. The Morgan fingerprint density at radius 2 is 1.00 bits per heavy atom. The van der Waals surface area contributed by atoms with Crippen molar-refractivity contribution in [2.75, 3.05) is 0 Å². The lowest BCUT2D eigenvalue weighted by atomic mass is 10.1. The average molecular weight is 881 g/mol. The van der Waals surface area contributed by atoms with Crippen LogP contribution in [0.2, 0.25) is 0 Å². The largest absolute Gasteiger partial charge is 0.405 e. The number of aromatic nitrogens is 2. The molecular weight excluding hydrogens is 856 g/mol. The number of rotatable bonds is 8. The summed E-state index contributed by atoms with van der Waals surface area (Å²) in [5.74, 6) is -9.38. The van der Waals surface area contributed by atoms with Crippen molar-refractivity contribution >= 4 is 51.6 Å². The minimum atomic E-state index is -5.27. The molecule has 0 aliphatic carbocycles. The van der Waals surface area contributed by atoms with Gasteiger partial charge >= 0.3 is 12.4 Å². The number of para-hydroxylation sites is 2. The lowest BCUT2D eigenvalue weighted by Gasteiger charge is -2.21. The molecule has 8 nitrogen and oxygen atoms in total. The van der Waals surface area contributed by atoms with Crippen molar-refractivity contribution in [1.82, 2.24) is 14.7 Å². The molecule has 0 bridgehead atoms. The van der Waals surface area contributed by atoms with Gasteiger partial charge in [-0.3, -0.25) is 0 Å². The Labute approximate surface area is 319 Å². The van der Waals surface area contributed by atoms with Crippen molar-refractivity contribution in [2.24, 2.45) is 5.73 Å². The summed E-state index contributed by atoms with van der Waals surface area (Å²) in [7, 11) is -5.11. The van der Waals surface area contributed by atoms with Crippen molar-refractivity contribution in [2.45, 2.75) is 47.1 Å². The van der Waals surface area contributed by atoms with E-state index in [0.29, 0.717) is 16.5 Å². The molecule has 2 unspecified atom stereocenters. The van der Waals surface area contributed by atoms with Crippen molar-refractivity contribution in [3.8, 4) is 0 Å². The van der Waals surface area contributed by atoms with E-state index in [2.05, 4.69) is 9.97 Å². The standard InChI is InChI=1S/C17H12F6N2O2S.C11H11F3N2.C6H2ClF3O2S/c18-10-6-12(19)16(13(20)7-10)28(26,27)25-15(17(21,22)23)5-9-8-24-14-4-2-1-3-11(9)14;12-11(13,14)10(15)5-7-6-16-9-4-2-1-3-8(7)9;7-13(11,12)6-4(9)1-3(8)2-5(6)10/h1-4,6-8,15,24-25H,5H2;1-4,6,10,16H,5,15H2;1-2H. The van der Waals surface area contributed by atoms with Crippen LogP contribution in [-0.4, -0.2) is 51.2 Å². The number of aromatic amines is 2. The third-order valence-electron chi connectivity index (χ3n) is 7.77. The van der Waals surface area contributed by atoms with Gasteiger partial charge in [-0.15, -0.1) is 0 Å². The second-order valence-corrected chi connectivity index (χ2v) is 16.0. The highest BCUT2D eigenvalue weighted by atomic mass is 35.7. The molecule has 23 heteroatoms. The molecule has 2 heterocycles. The number of hydrogen-bond donors (Lipinski definition) is 4. The molecule has 0 spiro atoms. The zero-order chi connectivity index (χ0) is 42.7. The van der Waals surface area contributed by atoms with Crippen molar-refractivity contribution < 1.29 is 69.5 Å². The molecule has 0 fully saturated rings. The molecule has 0 radical (unpaired) electrons. The van der Waals surface area contributed by atoms with Crippen LogP contribution >= 0.6 is 10.7 Å². The number of alkyl halides is 6. The van der Waals surface area contributed by atoms with E-state index in [1.165, 1.54) is 10.9 Å². The average Bonchev–Trinajstić information content (AvgIpc) is 3.66. The summed E-state index contributed by atoms with van der Waals surface area (Å²) in [6, 6.07) is 9.76. The summed E-state index contributed by atoms with van der Waals surface area (Å²) in [6.07, 6.45) is -7.56. The third kappa shape index (κ3) is 11.4. The summed E-state index contributed by atoms with van der Waals surface area (Å²) < 4.78 is 202. The Bertz CT molecular complexity index is 2550. The first kappa shape index (κ1) is 44.9. The zero-order valence-corrected chi connectivity index (χ0v) is 30.5. The van der Waals surface area contributed by atoms with Gasteiger partial charge in [0.2, 0.25) is 10.0 Å². The molecule has 4 aromatic carbocycles. The zero-order valence-electron chi connectivity index (χ0n) is 28.1. The Kier molecular flexibility index (Phi) is 13.7. The second-order valence-electron chi connectivity index (χ2n) is 11.8. The number of fused-ring (bicyclic) bond motifs is 2. The minimum absolute atomic E-state index is 0.0693. The maximum Gasteiger partial charge on any atom is 0.405 e. The van der Waals surface area contributed by atoms with E-state index < -0.39 is 94.6 Å². The number of halogens is 13. The lowest BCUT2D eigenvalue weighted by Crippen LogP contribution is -2.47. The molecule has 6 rings (SSSR count). The third-order valence-corrected chi connectivity index (χ3v) is 10.6. The van der Waals surface area contributed by atoms with Gasteiger partial charge < -0.3 is 15.7 Å². The first-order valence-corrected chi connectivity index (χ1v) is 19.3. The molecule has 2 atom stereocenters. The first-order valence-electron chi connectivity index (χ1n) is 15.5. The number of benzene rings is 4. The predicted molar refractivity (Wildman–Crippen MR) is 184 cm³/mol. The lowest BCUT2D eigenvalue weighted by molar-refractivity contribution is -0.151. The molecule has 0 saturated heterocycles. The van der Waals surface area contributed by atoms with Crippen LogP contribution < -0.4 is 10.5 Å². The van der Waals surface area contributed by atoms with Crippen LogP contribution in [0.1, 0.15) is 11.1 Å². The molecule has 308 valence electrons. The second kappa shape index (κ2) is 17.4. The van der Waals surface area contributed by atoms with Crippen LogP contribution in [0, 0.1) is 34.9 Å². The van der Waals surface area contributed by atoms with Gasteiger partial charge in [0.15, 0.2) is 9.79 Å². The fourth-order valence-corrected chi connectivity index (χ4v) is 7.56. The molecule has 2 aromatic heterocycles. The Morgan fingerprint density at radius 1 is 0.614 bits per heavy atom. The highest BCUT2D eigenvalue weighted by Crippen LogP contribution is 2.30. The normalized spacial score (nSPS) is 13.4. The van der Waals surface area contributed by atoms with Crippen LogP contribution in [0.25, 0.3) is 21.8 Å². The molecule has 5 N–H and O–H groups in total. The van der Waals surface area contributed by atoms with E-state index in [0.717, 1.165) is 10.9 Å². The smallest absolute Gasteiger partial charge is 0.361 e. The maximum atomic E-state index is 13.8. The minimum Gasteiger partial charge on any atom is -0.361 e. The predicted octanol–water partition coefficient (Wildman–Crippen LogP) is 8.67. The van der Waals surface area contributed by atoms with Gasteiger partial charge in [-0.05, 0) is 36.1 Å². The van der Waals surface area contributed by atoms with Crippen LogP contribution in [0.5, 0.6) is 0 Å². The topological polar surface area (TPSA) is 138 Å². The number of nitrogens with one attached hydrogen (secondary N) is 3. The van der Waals surface area contributed by atoms with Gasteiger partial charge in [0.25, 0.3) is 9.05 Å². The van der Waals surface area contributed by atoms with E-state index in [9.17, 15) is 69.5 Å². The van der Waals surface area contributed by atoms with E-state index in [1.807, 2.05) is 12.1 Å². The van der Waals surface area contributed by atoms with Gasteiger partial charge in [-0.25, -0.2) is 43.2 Å². The molecule has 0 saturated carbocycles. The van der Waals surface area contributed by atoms with Crippen LogP contribution in [0.4, 0.5) is 52.7 Å². The van der Waals surface area contributed by atoms with Crippen molar-refractivity contribution in [3.05, 3.63) is 131 Å². The van der Waals surface area contributed by atoms with Crippen molar-refractivity contribution in [3.63, 3.8) is 0 Å². The highest BCUT2D eigenvalue weighted by Gasteiger charge is 2.44. The number of sulfonamides is 1. The van der Waals surface area contributed by atoms with Gasteiger partial charge in [0.05, 0.1) is 0 Å². The molecule has 57 heavy (non-hydrogen) atoms. The molecule has 0 amide bonds. The van der Waals surface area contributed by atoms with Crippen LogP contribution in [0.3, 0.4) is 0 Å². The number of H-pyrrole nitrogens is 2. The molecule has 6 aromatic rings. The Balaban J connectivity index is 0.000000209. The quantitative estimate of drug-likeness (QED) is 0.0896. The summed E-state index contributed by atoms with van der Waals surface area (Å²) in [5.41, 5.74) is 7.21. The highest BCUT2D eigenvalue weighted by molar-refractivity contribution is 8.13. The van der Waals surface area contributed by atoms with Gasteiger partial charge in [0.1, 0.15) is 47.0 Å². The number of nitrogens with two attached hydrogens (primary N) is 1. The van der Waals surface area contributed by atoms with E-state index in [-0.39, 0.29) is 36.2 Å². The SMILES string of the molecule is NC(Cc1c[nH]c2ccccc12)C(F)(F)F.O=S(=O)(Cl)c1c(F)cc(F)cc1F.O=S(=O)(NC(Cc1c[nH]c2ccccc12)C(F)(F)F)c1c(F)cc(F)cc1F. The summed E-state index contributed by atoms with van der Waals surface area (Å²) in [6.45, 7) is 0. The molecule has 0 aliphatic heterocycles. The van der Waals surface area contributed by atoms with Gasteiger partial charge in [-0.2, -0.15) is 31.1 Å². The maximum absolute atomic E-state index is 13.8. The summed E-state index contributed by atoms with van der Waals surface area (Å²) in [5, 5.41) is 1.23. The van der Waals surface area contributed by atoms with Crippen LogP contribution in [-0.2, 0) is 31.9 Å². The van der Waals surface area contributed by atoms with Crippen molar-refractivity contribution in [1.29, 1.82) is 0 Å². The molecule has 0 aliphatic rings. The van der Waals surface area contributed by atoms with E-state index in [4.69, 9.17) is 16.4 Å². The summed E-state index contributed by atoms with van der Waals surface area (Å²) >= 11 is 0. The Morgan fingerprint density at radius 3 is 1.39 bits per heavy atom. The van der Waals surface area contributed by atoms with E-state index >= 15 is 0 Å². The van der Waals surface area contributed by atoms with Gasteiger partial charge in [-0.1, -0.05) is 36.4 Å². The molecular formula is C34H25ClF12N4O4S2. The fourth-order valence-electron chi connectivity index (χ4n) is 5.19. The van der Waals surface area contributed by atoms with Gasteiger partial charge in [0, 0.05) is 69.1 Å². The summed E-state index contributed by atoms with van der Waals surface area (Å²) in [4.78, 5) is 2.66. The Hall–Kier alpha value is -4.77. The number of hydrogen-bond acceptors (Lipinski definition) is 5.